The van der Waals surface area contributed by atoms with Crippen LogP contribution in [0.3, 0.4) is 0 Å². The maximum Gasteiger partial charge on any atom is 0.101 e. The van der Waals surface area contributed by atoms with E-state index in [1.807, 2.05) is 6.20 Å². The van der Waals surface area contributed by atoms with Crippen molar-refractivity contribution in [2.75, 3.05) is 20.3 Å². The van der Waals surface area contributed by atoms with Crippen molar-refractivity contribution < 1.29 is 4.74 Å². The van der Waals surface area contributed by atoms with Gasteiger partial charge in [0.25, 0.3) is 0 Å². The summed E-state index contributed by atoms with van der Waals surface area (Å²) in [6.07, 6.45) is 1.93. The summed E-state index contributed by atoms with van der Waals surface area (Å²) in [7, 11) is 1.71. The Morgan fingerprint density at radius 1 is 1.20 bits per heavy atom. The zero-order valence-electron chi connectivity index (χ0n) is 11.9. The van der Waals surface area contributed by atoms with Crippen molar-refractivity contribution in [3.8, 4) is 0 Å². The zero-order valence-corrected chi connectivity index (χ0v) is 12.7. The van der Waals surface area contributed by atoms with E-state index in [9.17, 15) is 0 Å². The van der Waals surface area contributed by atoms with Gasteiger partial charge in [0.1, 0.15) is 5.03 Å². The Morgan fingerprint density at radius 3 is 2.75 bits per heavy atom. The molecule has 106 valence electrons. The lowest BCUT2D eigenvalue weighted by Gasteiger charge is -2.06. The summed E-state index contributed by atoms with van der Waals surface area (Å²) in [6, 6.07) is 12.6. The highest BCUT2D eigenvalue weighted by molar-refractivity contribution is 7.99. The van der Waals surface area contributed by atoms with Crippen LogP contribution >= 0.6 is 11.8 Å². The van der Waals surface area contributed by atoms with Gasteiger partial charge in [-0.05, 0) is 30.2 Å². The Balaban J connectivity index is 1.90. The van der Waals surface area contributed by atoms with E-state index in [4.69, 9.17) is 4.74 Å². The molecule has 3 nitrogen and oxygen atoms in total. The fraction of sp³-hybridized carbons (Fsp3) is 0.312. The molecule has 0 radical (unpaired) electrons. The standard InChI is InChI=1S/C16H20N2OS/c1-13-5-3-4-6-15(13)20-16-8-7-14(12-18-16)11-17-9-10-19-2/h3-8,12,17H,9-11H2,1-2H3. The van der Waals surface area contributed by atoms with Crippen LogP contribution in [0.4, 0.5) is 0 Å². The first kappa shape index (κ1) is 15.0. The molecule has 0 aliphatic rings. The summed E-state index contributed by atoms with van der Waals surface area (Å²) in [5, 5.41) is 4.34. The Labute approximate surface area is 124 Å². The van der Waals surface area contributed by atoms with Gasteiger partial charge in [0.15, 0.2) is 0 Å². The molecule has 0 fully saturated rings. The van der Waals surface area contributed by atoms with Crippen molar-refractivity contribution in [3.63, 3.8) is 0 Å². The fourth-order valence-corrected chi connectivity index (χ4v) is 2.61. The minimum Gasteiger partial charge on any atom is -0.383 e. The van der Waals surface area contributed by atoms with E-state index in [2.05, 4.69) is 53.6 Å². The number of ether oxygens (including phenoxy) is 1. The summed E-state index contributed by atoms with van der Waals surface area (Å²) >= 11 is 1.70. The molecule has 0 unspecified atom stereocenters. The number of rotatable bonds is 7. The summed E-state index contributed by atoms with van der Waals surface area (Å²) in [5.74, 6) is 0. The minimum absolute atomic E-state index is 0.731. The first-order chi connectivity index (χ1) is 9.79. The van der Waals surface area contributed by atoms with E-state index in [1.54, 1.807) is 18.9 Å². The van der Waals surface area contributed by atoms with E-state index >= 15 is 0 Å². The number of nitrogens with one attached hydrogen (secondary N) is 1. The van der Waals surface area contributed by atoms with Gasteiger partial charge >= 0.3 is 0 Å². The molecule has 1 heterocycles. The number of benzene rings is 1. The summed E-state index contributed by atoms with van der Waals surface area (Å²) in [5.41, 5.74) is 2.47. The molecule has 0 spiro atoms. The normalized spacial score (nSPS) is 10.7. The number of hydrogen-bond acceptors (Lipinski definition) is 4. The summed E-state index contributed by atoms with van der Waals surface area (Å²) < 4.78 is 5.00. The average molecular weight is 288 g/mol. The molecule has 0 bridgehead atoms. The van der Waals surface area contributed by atoms with Gasteiger partial charge in [0.05, 0.1) is 6.61 Å². The van der Waals surface area contributed by atoms with E-state index < -0.39 is 0 Å². The molecular formula is C16H20N2OS. The topological polar surface area (TPSA) is 34.1 Å². The molecule has 1 aromatic heterocycles. The molecule has 0 saturated heterocycles. The second-order valence-electron chi connectivity index (χ2n) is 4.54. The Bertz CT molecular complexity index is 528. The molecule has 2 aromatic rings. The van der Waals surface area contributed by atoms with Crippen molar-refractivity contribution >= 4 is 11.8 Å². The molecule has 20 heavy (non-hydrogen) atoms. The van der Waals surface area contributed by atoms with Gasteiger partial charge in [-0.3, -0.25) is 0 Å². The zero-order chi connectivity index (χ0) is 14.2. The SMILES string of the molecule is COCCNCc1ccc(Sc2ccccc2C)nc1. The quantitative estimate of drug-likeness (QED) is 0.793. The molecule has 0 aliphatic carbocycles. The second kappa shape index (κ2) is 8.04. The van der Waals surface area contributed by atoms with Crippen LogP contribution in [-0.4, -0.2) is 25.2 Å². The molecule has 4 heteroatoms. The Hall–Kier alpha value is -1.36. The van der Waals surface area contributed by atoms with Crippen LogP contribution in [0.5, 0.6) is 0 Å². The Morgan fingerprint density at radius 2 is 2.05 bits per heavy atom. The van der Waals surface area contributed by atoms with E-state index in [0.29, 0.717) is 0 Å². The monoisotopic (exact) mass is 288 g/mol. The average Bonchev–Trinajstić information content (AvgIpc) is 2.48. The highest BCUT2D eigenvalue weighted by Gasteiger charge is 2.02. The van der Waals surface area contributed by atoms with Crippen LogP contribution in [0.25, 0.3) is 0 Å². The molecule has 1 aromatic carbocycles. The number of methoxy groups -OCH3 is 1. The van der Waals surface area contributed by atoms with Gasteiger partial charge in [-0.15, -0.1) is 0 Å². The van der Waals surface area contributed by atoms with E-state index in [0.717, 1.165) is 24.7 Å². The van der Waals surface area contributed by atoms with Crippen molar-refractivity contribution in [2.45, 2.75) is 23.4 Å². The largest absolute Gasteiger partial charge is 0.383 e. The minimum atomic E-state index is 0.731. The highest BCUT2D eigenvalue weighted by atomic mass is 32.2. The maximum absolute atomic E-state index is 5.00. The predicted molar refractivity (Wildman–Crippen MR) is 83.1 cm³/mol. The van der Waals surface area contributed by atoms with Gasteiger partial charge in [-0.1, -0.05) is 36.0 Å². The van der Waals surface area contributed by atoms with Crippen LogP contribution in [0.1, 0.15) is 11.1 Å². The van der Waals surface area contributed by atoms with Gasteiger partial charge < -0.3 is 10.1 Å². The lowest BCUT2D eigenvalue weighted by atomic mass is 10.2. The molecule has 1 N–H and O–H groups in total. The maximum atomic E-state index is 5.00. The van der Waals surface area contributed by atoms with Crippen LogP contribution in [0.2, 0.25) is 0 Å². The summed E-state index contributed by atoms with van der Waals surface area (Å²) in [4.78, 5) is 5.76. The number of aryl methyl sites for hydroxylation is 1. The number of nitrogens with zero attached hydrogens (tertiary/aromatic N) is 1. The van der Waals surface area contributed by atoms with E-state index in [1.165, 1.54) is 16.0 Å². The lowest BCUT2D eigenvalue weighted by molar-refractivity contribution is 0.199. The second-order valence-corrected chi connectivity index (χ2v) is 5.60. The summed E-state index contributed by atoms with van der Waals surface area (Å²) in [6.45, 7) is 4.53. The van der Waals surface area contributed by atoms with Crippen LogP contribution in [0, 0.1) is 6.92 Å². The molecule has 0 amide bonds. The van der Waals surface area contributed by atoms with E-state index in [-0.39, 0.29) is 0 Å². The molecule has 0 aliphatic heterocycles. The number of hydrogen-bond donors (Lipinski definition) is 1. The fourth-order valence-electron chi connectivity index (χ4n) is 1.77. The van der Waals surface area contributed by atoms with Gasteiger partial charge in [-0.2, -0.15) is 0 Å². The molecule has 0 saturated carbocycles. The van der Waals surface area contributed by atoms with Crippen molar-refractivity contribution in [1.29, 1.82) is 0 Å². The first-order valence-electron chi connectivity index (χ1n) is 6.67. The highest BCUT2D eigenvalue weighted by Crippen LogP contribution is 2.28. The first-order valence-corrected chi connectivity index (χ1v) is 7.49. The van der Waals surface area contributed by atoms with Gasteiger partial charge in [0.2, 0.25) is 0 Å². The van der Waals surface area contributed by atoms with Crippen LogP contribution in [0.15, 0.2) is 52.5 Å². The third-order valence-corrected chi connectivity index (χ3v) is 4.05. The van der Waals surface area contributed by atoms with Gasteiger partial charge in [0, 0.05) is 31.3 Å². The predicted octanol–water partition coefficient (Wildman–Crippen LogP) is 3.28. The lowest BCUT2D eigenvalue weighted by Crippen LogP contribution is -2.18. The number of aromatic nitrogens is 1. The third-order valence-electron chi connectivity index (χ3n) is 2.92. The molecular weight excluding hydrogens is 268 g/mol. The Kier molecular flexibility index (Phi) is 6.05. The molecule has 2 rings (SSSR count). The van der Waals surface area contributed by atoms with Gasteiger partial charge in [-0.25, -0.2) is 4.98 Å². The van der Waals surface area contributed by atoms with Crippen molar-refractivity contribution in [3.05, 3.63) is 53.7 Å². The smallest absolute Gasteiger partial charge is 0.101 e. The van der Waals surface area contributed by atoms with Crippen LogP contribution < -0.4 is 5.32 Å². The number of pyridine rings is 1. The van der Waals surface area contributed by atoms with Crippen LogP contribution in [-0.2, 0) is 11.3 Å². The van der Waals surface area contributed by atoms with Crippen molar-refractivity contribution in [1.82, 2.24) is 10.3 Å². The third kappa shape index (κ3) is 4.63. The van der Waals surface area contributed by atoms with Crippen molar-refractivity contribution in [2.24, 2.45) is 0 Å². The molecule has 0 atom stereocenters.